The van der Waals surface area contributed by atoms with E-state index in [0.717, 1.165) is 30.2 Å². The lowest BCUT2D eigenvalue weighted by molar-refractivity contribution is 0.112. The number of carbonyl (C=O) groups is 1. The molecule has 0 unspecified atom stereocenters. The average Bonchev–Trinajstić information content (AvgIpc) is 2.82. The standard InChI is InChI=1S/C17H24N2O2/c1-13(2)7-8-18-9-15(21)11-19-10-14(12-20)16-5-3-4-6-17(16)19/h3-6,10,12-13,15,18,21H,7-9,11H2,1-2H3/t15-/m0/s1. The first kappa shape index (κ1) is 15.7. The van der Waals surface area contributed by atoms with Gasteiger partial charge in [0, 0.05) is 35.8 Å². The minimum absolute atomic E-state index is 0.465. The maximum atomic E-state index is 11.1. The van der Waals surface area contributed by atoms with Crippen molar-refractivity contribution in [3.63, 3.8) is 0 Å². The summed E-state index contributed by atoms with van der Waals surface area (Å²) in [4.78, 5) is 11.1. The van der Waals surface area contributed by atoms with E-state index in [9.17, 15) is 9.90 Å². The van der Waals surface area contributed by atoms with Crippen LogP contribution in [0.4, 0.5) is 0 Å². The van der Waals surface area contributed by atoms with Crippen molar-refractivity contribution in [2.75, 3.05) is 13.1 Å². The van der Waals surface area contributed by atoms with Crippen LogP contribution in [0.25, 0.3) is 10.9 Å². The highest BCUT2D eigenvalue weighted by Gasteiger charge is 2.11. The van der Waals surface area contributed by atoms with Crippen LogP contribution in [-0.4, -0.2) is 35.2 Å². The fraction of sp³-hybridized carbons (Fsp3) is 0.471. The molecular weight excluding hydrogens is 264 g/mol. The van der Waals surface area contributed by atoms with Crippen LogP contribution in [0.2, 0.25) is 0 Å². The van der Waals surface area contributed by atoms with E-state index in [0.29, 0.717) is 24.6 Å². The second-order valence-corrected chi connectivity index (χ2v) is 5.91. The van der Waals surface area contributed by atoms with Crippen molar-refractivity contribution in [3.8, 4) is 0 Å². The molecule has 2 rings (SSSR count). The van der Waals surface area contributed by atoms with E-state index in [1.54, 1.807) is 0 Å². The van der Waals surface area contributed by atoms with Crippen molar-refractivity contribution < 1.29 is 9.90 Å². The van der Waals surface area contributed by atoms with Crippen LogP contribution < -0.4 is 5.32 Å². The van der Waals surface area contributed by atoms with Crippen LogP contribution in [-0.2, 0) is 6.54 Å². The summed E-state index contributed by atoms with van der Waals surface area (Å²) >= 11 is 0. The van der Waals surface area contributed by atoms with Gasteiger partial charge in [0.15, 0.2) is 6.29 Å². The van der Waals surface area contributed by atoms with Gasteiger partial charge < -0.3 is 15.0 Å². The predicted octanol–water partition coefficient (Wildman–Crippen LogP) is 2.45. The molecule has 1 heterocycles. The fourth-order valence-corrected chi connectivity index (χ4v) is 2.47. The molecule has 0 radical (unpaired) electrons. The van der Waals surface area contributed by atoms with Crippen molar-refractivity contribution in [2.24, 2.45) is 5.92 Å². The zero-order valence-electron chi connectivity index (χ0n) is 12.7. The Labute approximate surface area is 125 Å². The monoisotopic (exact) mass is 288 g/mol. The minimum atomic E-state index is -0.465. The number of hydrogen-bond acceptors (Lipinski definition) is 3. The molecular formula is C17H24N2O2. The molecule has 0 fully saturated rings. The molecule has 0 bridgehead atoms. The first-order valence-electron chi connectivity index (χ1n) is 7.53. The number of rotatable bonds is 8. The normalized spacial score (nSPS) is 13.0. The summed E-state index contributed by atoms with van der Waals surface area (Å²) in [6.07, 6.45) is 3.32. The summed E-state index contributed by atoms with van der Waals surface area (Å²) in [6.45, 7) is 6.34. The van der Waals surface area contributed by atoms with Crippen molar-refractivity contribution >= 4 is 17.2 Å². The summed E-state index contributed by atoms with van der Waals surface area (Å²) in [6, 6.07) is 7.77. The number of aliphatic hydroxyl groups excluding tert-OH is 1. The summed E-state index contributed by atoms with van der Waals surface area (Å²) in [5.41, 5.74) is 1.66. The van der Waals surface area contributed by atoms with E-state index in [2.05, 4.69) is 19.2 Å². The van der Waals surface area contributed by atoms with Crippen molar-refractivity contribution in [3.05, 3.63) is 36.0 Å². The molecule has 1 aromatic carbocycles. The highest BCUT2D eigenvalue weighted by molar-refractivity contribution is 5.97. The largest absolute Gasteiger partial charge is 0.390 e. The Morgan fingerprint density at radius 1 is 1.33 bits per heavy atom. The van der Waals surface area contributed by atoms with Gasteiger partial charge in [0.25, 0.3) is 0 Å². The van der Waals surface area contributed by atoms with E-state index in [4.69, 9.17) is 0 Å². The van der Waals surface area contributed by atoms with Gasteiger partial charge in [-0.15, -0.1) is 0 Å². The van der Waals surface area contributed by atoms with Gasteiger partial charge >= 0.3 is 0 Å². The molecule has 0 amide bonds. The Hall–Kier alpha value is -1.65. The Morgan fingerprint density at radius 3 is 2.81 bits per heavy atom. The highest BCUT2D eigenvalue weighted by atomic mass is 16.3. The van der Waals surface area contributed by atoms with Gasteiger partial charge in [0.05, 0.1) is 6.10 Å². The number of nitrogens with one attached hydrogen (secondary N) is 1. The van der Waals surface area contributed by atoms with Gasteiger partial charge in [-0.05, 0) is 24.9 Å². The van der Waals surface area contributed by atoms with Gasteiger partial charge in [-0.3, -0.25) is 4.79 Å². The molecule has 4 nitrogen and oxygen atoms in total. The molecule has 0 aliphatic heterocycles. The van der Waals surface area contributed by atoms with Crippen LogP contribution in [0.15, 0.2) is 30.5 Å². The fourth-order valence-electron chi connectivity index (χ4n) is 2.47. The number of hydrogen-bond donors (Lipinski definition) is 2. The molecule has 0 saturated heterocycles. The quantitative estimate of drug-likeness (QED) is 0.579. The summed E-state index contributed by atoms with van der Waals surface area (Å²) < 4.78 is 1.95. The van der Waals surface area contributed by atoms with E-state index in [1.165, 1.54) is 0 Å². The highest BCUT2D eigenvalue weighted by Crippen LogP contribution is 2.20. The molecule has 0 spiro atoms. The zero-order valence-corrected chi connectivity index (χ0v) is 12.7. The number of aromatic nitrogens is 1. The number of benzene rings is 1. The molecule has 1 aromatic heterocycles. The molecule has 2 aromatic rings. The molecule has 114 valence electrons. The van der Waals surface area contributed by atoms with Crippen molar-refractivity contribution in [2.45, 2.75) is 32.9 Å². The van der Waals surface area contributed by atoms with Gasteiger partial charge in [-0.1, -0.05) is 32.0 Å². The van der Waals surface area contributed by atoms with Crippen molar-refractivity contribution in [1.82, 2.24) is 9.88 Å². The van der Waals surface area contributed by atoms with E-state index in [-0.39, 0.29) is 0 Å². The van der Waals surface area contributed by atoms with Crippen LogP contribution in [0.1, 0.15) is 30.6 Å². The molecule has 1 atom stereocenters. The van der Waals surface area contributed by atoms with Gasteiger partial charge in [0.2, 0.25) is 0 Å². The lowest BCUT2D eigenvalue weighted by Gasteiger charge is -2.14. The Bertz CT molecular complexity index is 589. The SMILES string of the molecule is CC(C)CCNC[C@H](O)Cn1cc(C=O)c2ccccc21. The third-order valence-corrected chi connectivity index (χ3v) is 3.63. The Balaban J connectivity index is 1.98. The first-order chi connectivity index (χ1) is 10.1. The second kappa shape index (κ2) is 7.38. The van der Waals surface area contributed by atoms with Crippen molar-refractivity contribution in [1.29, 1.82) is 0 Å². The number of aliphatic hydroxyl groups is 1. The van der Waals surface area contributed by atoms with Crippen LogP contribution in [0.3, 0.4) is 0 Å². The maximum absolute atomic E-state index is 11.1. The van der Waals surface area contributed by atoms with Gasteiger partial charge in [0.1, 0.15) is 0 Å². The topological polar surface area (TPSA) is 54.3 Å². The van der Waals surface area contributed by atoms with Gasteiger partial charge in [-0.25, -0.2) is 0 Å². The molecule has 0 aliphatic rings. The number of para-hydroxylation sites is 1. The molecule has 4 heteroatoms. The smallest absolute Gasteiger partial charge is 0.152 e. The summed E-state index contributed by atoms with van der Waals surface area (Å²) in [5.74, 6) is 0.665. The second-order valence-electron chi connectivity index (χ2n) is 5.91. The lowest BCUT2D eigenvalue weighted by atomic mass is 10.1. The lowest BCUT2D eigenvalue weighted by Crippen LogP contribution is -2.31. The maximum Gasteiger partial charge on any atom is 0.152 e. The zero-order chi connectivity index (χ0) is 15.2. The van der Waals surface area contributed by atoms with Crippen LogP contribution >= 0.6 is 0 Å². The molecule has 0 saturated carbocycles. The third kappa shape index (κ3) is 4.16. The number of nitrogens with zero attached hydrogens (tertiary/aromatic N) is 1. The summed E-state index contributed by atoms with van der Waals surface area (Å²) in [5, 5.41) is 14.3. The Morgan fingerprint density at radius 2 is 2.10 bits per heavy atom. The molecule has 21 heavy (non-hydrogen) atoms. The number of carbonyl (C=O) groups excluding carboxylic acids is 1. The molecule has 2 N–H and O–H groups in total. The number of aldehydes is 1. The Kier molecular flexibility index (Phi) is 5.53. The molecule has 0 aliphatic carbocycles. The van der Waals surface area contributed by atoms with E-state index < -0.39 is 6.10 Å². The minimum Gasteiger partial charge on any atom is -0.390 e. The first-order valence-corrected chi connectivity index (χ1v) is 7.53. The van der Waals surface area contributed by atoms with Crippen LogP contribution in [0, 0.1) is 5.92 Å². The van der Waals surface area contributed by atoms with Gasteiger partial charge in [-0.2, -0.15) is 0 Å². The predicted molar refractivity (Wildman–Crippen MR) is 85.7 cm³/mol. The summed E-state index contributed by atoms with van der Waals surface area (Å²) in [7, 11) is 0. The third-order valence-electron chi connectivity index (χ3n) is 3.63. The van der Waals surface area contributed by atoms with E-state index in [1.807, 2.05) is 35.0 Å². The number of fused-ring (bicyclic) bond motifs is 1. The van der Waals surface area contributed by atoms with E-state index >= 15 is 0 Å². The average molecular weight is 288 g/mol. The van der Waals surface area contributed by atoms with Crippen LogP contribution in [0.5, 0.6) is 0 Å².